The average molecular weight is 412 g/mol. The van der Waals surface area contributed by atoms with Gasteiger partial charge in [-0.1, -0.05) is 11.6 Å². The smallest absolute Gasteiger partial charge is 0.453 e. The van der Waals surface area contributed by atoms with Crippen molar-refractivity contribution >= 4 is 17.2 Å². The number of hydrogen-bond acceptors (Lipinski definition) is 5. The number of rotatable bonds is 3. The summed E-state index contributed by atoms with van der Waals surface area (Å²) in [6, 6.07) is 3.52. The van der Waals surface area contributed by atoms with E-state index >= 15 is 0 Å². The van der Waals surface area contributed by atoms with Crippen LogP contribution >= 0.6 is 11.6 Å². The maximum absolute atomic E-state index is 12.9. The number of pyridine rings is 1. The molecule has 0 unspecified atom stereocenters. The topological polar surface area (TPSA) is 65.2 Å². The molecule has 0 spiro atoms. The van der Waals surface area contributed by atoms with E-state index in [1.54, 1.807) is 0 Å². The van der Waals surface area contributed by atoms with E-state index < -0.39 is 24.3 Å². The molecule has 0 bridgehead atoms. The van der Waals surface area contributed by atoms with Gasteiger partial charge in [0.05, 0.1) is 5.02 Å². The summed E-state index contributed by atoms with van der Waals surface area (Å²) < 4.78 is 81.4. The van der Waals surface area contributed by atoms with Crippen LogP contribution in [0, 0.1) is 0 Å². The van der Waals surface area contributed by atoms with Gasteiger partial charge in [-0.3, -0.25) is 0 Å². The van der Waals surface area contributed by atoms with Gasteiger partial charge in [-0.05, 0) is 13.0 Å². The van der Waals surface area contributed by atoms with Gasteiger partial charge < -0.3 is 4.74 Å². The van der Waals surface area contributed by atoms with Crippen LogP contribution in [-0.4, -0.2) is 37.1 Å². The van der Waals surface area contributed by atoms with Gasteiger partial charge in [0.15, 0.2) is 11.8 Å². The van der Waals surface area contributed by atoms with Crippen LogP contribution in [0.1, 0.15) is 12.7 Å². The molecule has 0 N–H and O–H groups in total. The lowest BCUT2D eigenvalue weighted by molar-refractivity contribution is -0.189. The lowest BCUT2D eigenvalue weighted by Gasteiger charge is -2.16. The molecule has 0 aliphatic rings. The minimum Gasteiger partial charge on any atom is -0.465 e. The quantitative estimate of drug-likeness (QED) is 0.605. The molecule has 0 fully saturated rings. The summed E-state index contributed by atoms with van der Waals surface area (Å²) in [7, 11) is 0. The number of halogens is 7. The van der Waals surface area contributed by atoms with E-state index in [2.05, 4.69) is 25.0 Å². The maximum atomic E-state index is 12.9. The number of hydrogen-bond donors (Lipinski definition) is 0. The predicted molar refractivity (Wildman–Crippen MR) is 80.2 cm³/mol. The summed E-state index contributed by atoms with van der Waals surface area (Å²) in [6.07, 6.45) is -10.4. The highest BCUT2D eigenvalue weighted by atomic mass is 35.5. The third-order valence-electron chi connectivity index (χ3n) is 3.37. The van der Waals surface area contributed by atoms with E-state index in [1.807, 2.05) is 0 Å². The fourth-order valence-electron chi connectivity index (χ4n) is 2.02. The first-order chi connectivity index (χ1) is 12.5. The lowest BCUT2D eigenvalue weighted by Crippen LogP contribution is -2.31. The molecular weight excluding hydrogens is 404 g/mol. The van der Waals surface area contributed by atoms with Gasteiger partial charge in [-0.2, -0.15) is 36.0 Å². The number of nitrogens with zero attached hydrogens (tertiary/aromatic N) is 5. The van der Waals surface area contributed by atoms with Crippen LogP contribution in [0.2, 0.25) is 5.02 Å². The monoisotopic (exact) mass is 411 g/mol. The van der Waals surface area contributed by atoms with Gasteiger partial charge in [0, 0.05) is 23.9 Å². The third-order valence-corrected chi connectivity index (χ3v) is 3.66. The molecule has 6 nitrogen and oxygen atoms in total. The van der Waals surface area contributed by atoms with Crippen molar-refractivity contribution in [1.29, 1.82) is 0 Å². The standard InChI is InChI=1S/C14H8ClF6N5O/c1-6(13(16,17)18)27-10-3-2-7(5-22-10)11-8(15)4-9-23-24-12(14(19,20)21)26(9)25-11/h2-6H,1H3/t6-/m1/s1. The van der Waals surface area contributed by atoms with Gasteiger partial charge in [0.25, 0.3) is 5.82 Å². The Morgan fingerprint density at radius 3 is 2.37 bits per heavy atom. The molecule has 0 aliphatic carbocycles. The molecule has 0 aromatic carbocycles. The summed E-state index contributed by atoms with van der Waals surface area (Å²) in [5, 5.41) is 10.1. The highest BCUT2D eigenvalue weighted by Gasteiger charge is 2.39. The second-order valence-electron chi connectivity index (χ2n) is 5.32. The second kappa shape index (κ2) is 6.51. The average Bonchev–Trinajstić information content (AvgIpc) is 2.97. The molecule has 27 heavy (non-hydrogen) atoms. The first kappa shape index (κ1) is 19.1. The Morgan fingerprint density at radius 2 is 1.81 bits per heavy atom. The van der Waals surface area contributed by atoms with Crippen molar-refractivity contribution in [2.75, 3.05) is 0 Å². The molecule has 0 radical (unpaired) electrons. The van der Waals surface area contributed by atoms with Crippen molar-refractivity contribution in [3.05, 3.63) is 35.2 Å². The fraction of sp³-hybridized carbons (Fsp3) is 0.286. The molecule has 0 saturated carbocycles. The van der Waals surface area contributed by atoms with Crippen molar-refractivity contribution in [1.82, 2.24) is 24.8 Å². The summed E-state index contributed by atoms with van der Waals surface area (Å²) in [5.74, 6) is -1.66. The van der Waals surface area contributed by atoms with Crippen molar-refractivity contribution in [2.45, 2.75) is 25.4 Å². The predicted octanol–water partition coefficient (Wildman–Crippen LogP) is 4.19. The van der Waals surface area contributed by atoms with E-state index in [0.29, 0.717) is 4.52 Å². The number of fused-ring (bicyclic) bond motifs is 1. The third kappa shape index (κ3) is 3.89. The lowest BCUT2D eigenvalue weighted by atomic mass is 10.2. The first-order valence-corrected chi connectivity index (χ1v) is 7.53. The minimum absolute atomic E-state index is 0.0391. The fourth-order valence-corrected chi connectivity index (χ4v) is 2.26. The van der Waals surface area contributed by atoms with Gasteiger partial charge in [0.2, 0.25) is 5.88 Å². The van der Waals surface area contributed by atoms with Crippen LogP contribution in [-0.2, 0) is 6.18 Å². The number of ether oxygens (including phenoxy) is 1. The highest BCUT2D eigenvalue weighted by molar-refractivity contribution is 6.33. The van der Waals surface area contributed by atoms with E-state index in [1.165, 1.54) is 6.07 Å². The maximum Gasteiger partial charge on any atom is 0.453 e. The molecule has 3 rings (SSSR count). The summed E-state index contributed by atoms with van der Waals surface area (Å²) in [5.41, 5.74) is -0.142. The Kier molecular flexibility index (Phi) is 4.62. The normalized spacial score (nSPS) is 13.8. The van der Waals surface area contributed by atoms with Crippen LogP contribution in [0.15, 0.2) is 24.4 Å². The van der Waals surface area contributed by atoms with E-state index in [0.717, 1.165) is 25.3 Å². The molecule has 0 aliphatic heterocycles. The summed E-state index contributed by atoms with van der Waals surface area (Å²) in [4.78, 5) is 3.70. The molecule has 0 amide bonds. The zero-order valence-electron chi connectivity index (χ0n) is 13.2. The SMILES string of the molecule is C[C@@H](Oc1ccc(-c2nn3c(C(F)(F)F)nnc3cc2Cl)cn1)C(F)(F)F. The van der Waals surface area contributed by atoms with Crippen LogP contribution in [0.3, 0.4) is 0 Å². The Balaban J connectivity index is 1.96. The highest BCUT2D eigenvalue weighted by Crippen LogP contribution is 2.31. The molecule has 13 heteroatoms. The molecule has 144 valence electrons. The summed E-state index contributed by atoms with van der Waals surface area (Å²) >= 11 is 6.01. The van der Waals surface area contributed by atoms with Gasteiger partial charge >= 0.3 is 12.4 Å². The molecule has 3 aromatic rings. The largest absolute Gasteiger partial charge is 0.465 e. The summed E-state index contributed by atoms with van der Waals surface area (Å²) in [6.45, 7) is 0.812. The van der Waals surface area contributed by atoms with E-state index in [-0.39, 0.29) is 27.8 Å². The molecule has 0 saturated heterocycles. The Labute approximate surface area is 151 Å². The van der Waals surface area contributed by atoms with Gasteiger partial charge in [0.1, 0.15) is 5.69 Å². The van der Waals surface area contributed by atoms with E-state index in [9.17, 15) is 26.3 Å². The number of aromatic nitrogens is 5. The van der Waals surface area contributed by atoms with Crippen LogP contribution in [0.4, 0.5) is 26.3 Å². The molecule has 3 aromatic heterocycles. The Bertz CT molecular complexity index is 969. The van der Waals surface area contributed by atoms with E-state index in [4.69, 9.17) is 11.6 Å². The van der Waals surface area contributed by atoms with Crippen molar-refractivity contribution in [3.63, 3.8) is 0 Å². The van der Waals surface area contributed by atoms with Crippen LogP contribution in [0.5, 0.6) is 5.88 Å². The first-order valence-electron chi connectivity index (χ1n) is 7.16. The van der Waals surface area contributed by atoms with Gasteiger partial charge in [-0.15, -0.1) is 10.2 Å². The molecule has 3 heterocycles. The van der Waals surface area contributed by atoms with Crippen LogP contribution < -0.4 is 4.74 Å². The molecular formula is C14H8ClF6N5O. The minimum atomic E-state index is -4.79. The van der Waals surface area contributed by atoms with Crippen LogP contribution in [0.25, 0.3) is 16.9 Å². The van der Waals surface area contributed by atoms with Crippen molar-refractivity contribution in [3.8, 4) is 17.1 Å². The number of alkyl halides is 6. The zero-order valence-corrected chi connectivity index (χ0v) is 13.9. The Morgan fingerprint density at radius 1 is 1.11 bits per heavy atom. The van der Waals surface area contributed by atoms with Crippen molar-refractivity contribution < 1.29 is 31.1 Å². The zero-order chi connectivity index (χ0) is 20.0. The second-order valence-corrected chi connectivity index (χ2v) is 5.73. The Hall–Kier alpha value is -2.63. The van der Waals surface area contributed by atoms with Gasteiger partial charge in [-0.25, -0.2) is 4.98 Å². The van der Waals surface area contributed by atoms with Crippen molar-refractivity contribution in [2.24, 2.45) is 0 Å². The molecule has 1 atom stereocenters.